The van der Waals surface area contributed by atoms with E-state index in [2.05, 4.69) is 61.0 Å². The van der Waals surface area contributed by atoms with Crippen molar-refractivity contribution >= 4 is 0 Å². The van der Waals surface area contributed by atoms with Gasteiger partial charge in [0.1, 0.15) is 0 Å². The van der Waals surface area contributed by atoms with E-state index in [0.29, 0.717) is 0 Å². The Bertz CT molecular complexity index is 546. The Labute approximate surface area is 115 Å². The summed E-state index contributed by atoms with van der Waals surface area (Å²) in [6.45, 7) is 9.54. The smallest absolute Gasteiger partial charge is 0.0751 e. The van der Waals surface area contributed by atoms with E-state index in [9.17, 15) is 0 Å². The van der Waals surface area contributed by atoms with E-state index in [1.807, 2.05) is 13.2 Å². The summed E-state index contributed by atoms with van der Waals surface area (Å²) in [5, 5.41) is 7.82. The number of nitrogens with zero attached hydrogens (tertiary/aromatic N) is 2. The minimum Gasteiger partial charge on any atom is -0.308 e. The summed E-state index contributed by atoms with van der Waals surface area (Å²) in [5.41, 5.74) is 6.57. The van der Waals surface area contributed by atoms with Crippen LogP contribution in [0.5, 0.6) is 0 Å². The first-order valence-electron chi connectivity index (χ1n) is 6.85. The largest absolute Gasteiger partial charge is 0.308 e. The lowest BCUT2D eigenvalue weighted by Gasteiger charge is -2.22. The van der Waals surface area contributed by atoms with Crippen LogP contribution in [-0.4, -0.2) is 16.8 Å². The second-order valence-corrected chi connectivity index (χ2v) is 5.11. The van der Waals surface area contributed by atoms with Crippen LogP contribution in [-0.2, 0) is 6.54 Å². The van der Waals surface area contributed by atoms with Crippen LogP contribution < -0.4 is 5.32 Å². The Kier molecular flexibility index (Phi) is 4.05. The zero-order valence-electron chi connectivity index (χ0n) is 12.5. The van der Waals surface area contributed by atoms with Gasteiger partial charge in [-0.1, -0.05) is 17.7 Å². The van der Waals surface area contributed by atoms with Crippen molar-refractivity contribution in [2.75, 3.05) is 7.05 Å². The molecule has 19 heavy (non-hydrogen) atoms. The highest BCUT2D eigenvalue weighted by Crippen LogP contribution is 2.28. The van der Waals surface area contributed by atoms with Crippen LogP contribution >= 0.6 is 0 Å². The number of benzene rings is 1. The number of hydrogen-bond acceptors (Lipinski definition) is 2. The van der Waals surface area contributed by atoms with Crippen molar-refractivity contribution < 1.29 is 0 Å². The van der Waals surface area contributed by atoms with Crippen molar-refractivity contribution in [3.63, 3.8) is 0 Å². The second-order valence-electron chi connectivity index (χ2n) is 5.11. The van der Waals surface area contributed by atoms with E-state index in [1.54, 1.807) is 0 Å². The number of aryl methyl sites for hydroxylation is 4. The Morgan fingerprint density at radius 1 is 1.21 bits per heavy atom. The molecule has 102 valence electrons. The molecule has 0 saturated heterocycles. The van der Waals surface area contributed by atoms with E-state index in [1.165, 1.54) is 27.9 Å². The molecule has 1 unspecified atom stereocenters. The first-order valence-corrected chi connectivity index (χ1v) is 6.85. The molecule has 0 spiro atoms. The quantitative estimate of drug-likeness (QED) is 0.912. The molecule has 0 amide bonds. The highest BCUT2D eigenvalue weighted by molar-refractivity contribution is 5.42. The third-order valence-electron chi connectivity index (χ3n) is 3.66. The standard InChI is InChI=1S/C16H23N3/c1-6-19-14(7-8-18-19)16(17-5)15-12(3)9-11(2)10-13(15)4/h7-10,16-17H,6H2,1-5H3. The Hall–Kier alpha value is -1.61. The zero-order chi connectivity index (χ0) is 14.0. The van der Waals surface area contributed by atoms with E-state index in [-0.39, 0.29) is 6.04 Å². The number of nitrogens with one attached hydrogen (secondary N) is 1. The fourth-order valence-electron chi connectivity index (χ4n) is 2.94. The van der Waals surface area contributed by atoms with Gasteiger partial charge in [-0.2, -0.15) is 5.10 Å². The van der Waals surface area contributed by atoms with E-state index < -0.39 is 0 Å². The fourth-order valence-corrected chi connectivity index (χ4v) is 2.94. The Morgan fingerprint density at radius 2 is 1.84 bits per heavy atom. The molecular weight excluding hydrogens is 234 g/mol. The Morgan fingerprint density at radius 3 is 2.37 bits per heavy atom. The number of hydrogen-bond donors (Lipinski definition) is 1. The van der Waals surface area contributed by atoms with E-state index in [0.717, 1.165) is 6.54 Å². The maximum absolute atomic E-state index is 4.38. The third kappa shape index (κ3) is 2.56. The summed E-state index contributed by atoms with van der Waals surface area (Å²) in [6, 6.07) is 6.80. The monoisotopic (exact) mass is 257 g/mol. The van der Waals surface area contributed by atoms with Gasteiger partial charge in [0.25, 0.3) is 0 Å². The highest BCUT2D eigenvalue weighted by Gasteiger charge is 2.20. The molecule has 2 rings (SSSR count). The molecule has 0 radical (unpaired) electrons. The van der Waals surface area contributed by atoms with Gasteiger partial charge < -0.3 is 5.32 Å². The highest BCUT2D eigenvalue weighted by atomic mass is 15.3. The van der Waals surface area contributed by atoms with E-state index in [4.69, 9.17) is 0 Å². The molecule has 0 bridgehead atoms. The van der Waals surface area contributed by atoms with Gasteiger partial charge in [0, 0.05) is 12.7 Å². The van der Waals surface area contributed by atoms with Gasteiger partial charge in [0.05, 0.1) is 11.7 Å². The zero-order valence-corrected chi connectivity index (χ0v) is 12.5. The molecule has 0 aliphatic heterocycles. The van der Waals surface area contributed by atoms with Crippen LogP contribution in [0.3, 0.4) is 0 Å². The van der Waals surface area contributed by atoms with Crippen LogP contribution in [0.4, 0.5) is 0 Å². The predicted octanol–water partition coefficient (Wildman–Crippen LogP) is 3.14. The SMILES string of the molecule is CCn1nccc1C(NC)c1c(C)cc(C)cc1C. The molecule has 1 atom stereocenters. The summed E-state index contributed by atoms with van der Waals surface area (Å²) >= 11 is 0. The van der Waals surface area contributed by atoms with Gasteiger partial charge in [-0.3, -0.25) is 4.68 Å². The maximum atomic E-state index is 4.38. The molecule has 0 aliphatic rings. The van der Waals surface area contributed by atoms with Crippen molar-refractivity contribution in [2.24, 2.45) is 0 Å². The third-order valence-corrected chi connectivity index (χ3v) is 3.66. The summed E-state index contributed by atoms with van der Waals surface area (Å²) in [4.78, 5) is 0. The Balaban J connectivity index is 2.54. The lowest BCUT2D eigenvalue weighted by Crippen LogP contribution is -2.23. The molecule has 1 aromatic carbocycles. The second kappa shape index (κ2) is 5.57. The minimum absolute atomic E-state index is 0.197. The van der Waals surface area contributed by atoms with Gasteiger partial charge in [-0.25, -0.2) is 0 Å². The van der Waals surface area contributed by atoms with Crippen molar-refractivity contribution in [2.45, 2.75) is 40.3 Å². The summed E-state index contributed by atoms with van der Waals surface area (Å²) < 4.78 is 2.06. The predicted molar refractivity (Wildman–Crippen MR) is 79.5 cm³/mol. The van der Waals surface area contributed by atoms with Crippen molar-refractivity contribution in [3.8, 4) is 0 Å². The maximum Gasteiger partial charge on any atom is 0.0751 e. The average molecular weight is 257 g/mol. The molecule has 2 aromatic rings. The lowest BCUT2D eigenvalue weighted by atomic mass is 9.92. The number of aromatic nitrogens is 2. The molecule has 0 saturated carbocycles. The topological polar surface area (TPSA) is 29.9 Å². The average Bonchev–Trinajstić information content (AvgIpc) is 2.81. The van der Waals surface area contributed by atoms with Crippen LogP contribution in [0.25, 0.3) is 0 Å². The molecule has 3 nitrogen and oxygen atoms in total. The van der Waals surface area contributed by atoms with Crippen LogP contribution in [0, 0.1) is 20.8 Å². The van der Waals surface area contributed by atoms with Gasteiger partial charge in [-0.05, 0) is 57.5 Å². The van der Waals surface area contributed by atoms with Gasteiger partial charge >= 0.3 is 0 Å². The summed E-state index contributed by atoms with van der Waals surface area (Å²) in [5.74, 6) is 0. The van der Waals surface area contributed by atoms with Crippen molar-refractivity contribution in [1.82, 2.24) is 15.1 Å². The summed E-state index contributed by atoms with van der Waals surface area (Å²) in [7, 11) is 2.01. The normalized spacial score (nSPS) is 12.7. The molecule has 1 heterocycles. The minimum atomic E-state index is 0.197. The first kappa shape index (κ1) is 13.8. The van der Waals surface area contributed by atoms with Crippen LogP contribution in [0.1, 0.15) is 40.9 Å². The fraction of sp³-hybridized carbons (Fsp3) is 0.438. The van der Waals surface area contributed by atoms with Gasteiger partial charge in [0.15, 0.2) is 0 Å². The molecular formula is C16H23N3. The molecule has 1 aromatic heterocycles. The number of rotatable bonds is 4. The molecule has 1 N–H and O–H groups in total. The van der Waals surface area contributed by atoms with Gasteiger partial charge in [-0.15, -0.1) is 0 Å². The van der Waals surface area contributed by atoms with E-state index >= 15 is 0 Å². The van der Waals surface area contributed by atoms with Crippen LogP contribution in [0.15, 0.2) is 24.4 Å². The lowest BCUT2D eigenvalue weighted by molar-refractivity contribution is 0.560. The van der Waals surface area contributed by atoms with Crippen LogP contribution in [0.2, 0.25) is 0 Å². The first-order chi connectivity index (χ1) is 9.08. The molecule has 0 aliphatic carbocycles. The molecule has 0 fully saturated rings. The summed E-state index contributed by atoms with van der Waals surface area (Å²) in [6.07, 6.45) is 1.88. The molecule has 3 heteroatoms. The van der Waals surface area contributed by atoms with Crippen molar-refractivity contribution in [1.29, 1.82) is 0 Å². The van der Waals surface area contributed by atoms with Crippen molar-refractivity contribution in [3.05, 3.63) is 52.3 Å². The van der Waals surface area contributed by atoms with Gasteiger partial charge in [0.2, 0.25) is 0 Å².